The number of rotatable bonds is 11. The van der Waals surface area contributed by atoms with Gasteiger partial charge in [0.1, 0.15) is 16.4 Å². The summed E-state index contributed by atoms with van der Waals surface area (Å²) in [6.07, 6.45) is 2.99. The Balaban J connectivity index is 0.000000238. The molecular formula is C29H32ClFN8O10S4. The van der Waals surface area contributed by atoms with Gasteiger partial charge in [0.05, 0.1) is 43.9 Å². The van der Waals surface area contributed by atoms with E-state index in [4.69, 9.17) is 21.1 Å². The SMILES string of the molecule is CCS(=O)(=O)c1cccnc1S(=O)(=O)NC(=O)Nc1nc(OC)cc(OC)n1.COC(=O)CSc1cc(N=c2sc(=O)n3n2CCCC3)c(F)cc1Cl. The molecule has 1 aliphatic rings. The fourth-order valence-electron chi connectivity index (χ4n) is 4.37. The van der Waals surface area contributed by atoms with E-state index < -0.39 is 47.6 Å². The molecule has 3 aromatic heterocycles. The van der Waals surface area contributed by atoms with Crippen LogP contribution in [0.2, 0.25) is 5.02 Å². The Kier molecular flexibility index (Phi) is 14.0. The van der Waals surface area contributed by atoms with Crippen LogP contribution in [0.5, 0.6) is 11.8 Å². The van der Waals surface area contributed by atoms with Crippen molar-refractivity contribution < 1.29 is 45.0 Å². The van der Waals surface area contributed by atoms with Gasteiger partial charge < -0.3 is 14.2 Å². The van der Waals surface area contributed by atoms with Crippen LogP contribution in [0.25, 0.3) is 0 Å². The Morgan fingerprint density at radius 3 is 2.34 bits per heavy atom. The molecule has 1 aromatic carbocycles. The van der Waals surface area contributed by atoms with Crippen molar-refractivity contribution in [3.8, 4) is 11.8 Å². The minimum absolute atomic E-state index is 0.0605. The number of sulfone groups is 1. The van der Waals surface area contributed by atoms with Crippen LogP contribution in [0.1, 0.15) is 19.8 Å². The van der Waals surface area contributed by atoms with E-state index in [0.717, 1.165) is 54.3 Å². The summed E-state index contributed by atoms with van der Waals surface area (Å²) in [7, 11) is -4.55. The predicted molar refractivity (Wildman–Crippen MR) is 192 cm³/mol. The van der Waals surface area contributed by atoms with Crippen LogP contribution in [-0.4, -0.2) is 86.0 Å². The molecule has 0 bridgehead atoms. The first-order chi connectivity index (χ1) is 25.1. The average molecular weight is 835 g/mol. The fourth-order valence-corrected chi connectivity index (χ4v) is 8.90. The molecule has 53 heavy (non-hydrogen) atoms. The normalized spacial score (nSPS) is 12.9. The first-order valence-electron chi connectivity index (χ1n) is 15.1. The van der Waals surface area contributed by atoms with Gasteiger partial charge in [-0.15, -0.1) is 11.8 Å². The maximum Gasteiger partial charge on any atom is 0.335 e. The number of carbonyl (C=O) groups excluding carboxylic acids is 2. The Bertz CT molecular complexity index is 2330. The lowest BCUT2D eigenvalue weighted by atomic mass is 10.3. The highest BCUT2D eigenvalue weighted by atomic mass is 35.5. The highest BCUT2D eigenvalue weighted by Gasteiger charge is 2.29. The molecule has 1 aliphatic heterocycles. The van der Waals surface area contributed by atoms with Crippen molar-refractivity contribution in [1.82, 2.24) is 29.0 Å². The number of esters is 1. The predicted octanol–water partition coefficient (Wildman–Crippen LogP) is 2.99. The number of benzene rings is 1. The number of hydrogen-bond donors (Lipinski definition) is 2. The van der Waals surface area contributed by atoms with Crippen molar-refractivity contribution in [3.05, 3.63) is 61.8 Å². The quantitative estimate of drug-likeness (QED) is 0.164. The number of anilines is 1. The van der Waals surface area contributed by atoms with E-state index in [1.165, 1.54) is 46.5 Å². The maximum absolute atomic E-state index is 14.3. The van der Waals surface area contributed by atoms with Crippen LogP contribution >= 0.6 is 34.7 Å². The standard InChI is InChI=1S/C15H15ClFN3O3S2.C14H17N5O7S2/c1-23-13(21)8-24-12-7-11(10(17)6-9(12)16)18-14-19-4-2-3-5-20(19)15(22)25-14;1-4-27(21,22)9-6-5-7-15-12(9)28(23,24)19-14(20)18-13-16-10(25-2)8-11(17-13)26-3/h6-7H,2-5,8H2,1H3;5-8H,4H2,1-3H3,(H2,16,17,18,19,20). The molecule has 0 radical (unpaired) electrons. The minimum atomic E-state index is -4.61. The molecule has 5 rings (SSSR count). The van der Waals surface area contributed by atoms with E-state index in [1.807, 2.05) is 0 Å². The van der Waals surface area contributed by atoms with Gasteiger partial charge in [0.25, 0.3) is 10.0 Å². The van der Waals surface area contributed by atoms with Crippen molar-refractivity contribution in [2.75, 3.05) is 38.2 Å². The molecule has 0 saturated heterocycles. The number of nitrogens with zero attached hydrogens (tertiary/aromatic N) is 6. The van der Waals surface area contributed by atoms with Gasteiger partial charge in [-0.05, 0) is 48.4 Å². The topological polar surface area (TPSA) is 232 Å². The van der Waals surface area contributed by atoms with Gasteiger partial charge in [-0.2, -0.15) is 18.4 Å². The summed E-state index contributed by atoms with van der Waals surface area (Å²) in [6, 6.07) is 5.12. The number of thioether (sulfide) groups is 1. The van der Waals surface area contributed by atoms with Crippen molar-refractivity contribution in [2.24, 2.45) is 4.99 Å². The molecular weight excluding hydrogens is 803 g/mol. The molecule has 4 aromatic rings. The Morgan fingerprint density at radius 2 is 1.72 bits per heavy atom. The van der Waals surface area contributed by atoms with E-state index in [9.17, 15) is 35.6 Å². The van der Waals surface area contributed by atoms with E-state index in [-0.39, 0.29) is 44.8 Å². The van der Waals surface area contributed by atoms with Gasteiger partial charge in [-0.1, -0.05) is 18.5 Å². The zero-order chi connectivity index (χ0) is 38.9. The lowest BCUT2D eigenvalue weighted by molar-refractivity contribution is -0.137. The summed E-state index contributed by atoms with van der Waals surface area (Å²) in [5, 5.41) is 1.50. The number of sulfonamides is 1. The van der Waals surface area contributed by atoms with Crippen LogP contribution in [0.3, 0.4) is 0 Å². The van der Waals surface area contributed by atoms with E-state index >= 15 is 0 Å². The number of nitrogens with one attached hydrogen (secondary N) is 2. The smallest absolute Gasteiger partial charge is 0.335 e. The van der Waals surface area contributed by atoms with E-state index in [2.05, 4.69) is 30.0 Å². The van der Waals surface area contributed by atoms with Crippen molar-refractivity contribution in [2.45, 2.75) is 47.7 Å². The maximum atomic E-state index is 14.3. The summed E-state index contributed by atoms with van der Waals surface area (Å²) >= 11 is 8.17. The van der Waals surface area contributed by atoms with Crippen LogP contribution in [0.15, 0.2) is 61.1 Å². The molecule has 0 unspecified atom stereocenters. The number of amides is 2. The molecule has 2 amide bonds. The summed E-state index contributed by atoms with van der Waals surface area (Å²) in [6.45, 7) is 2.68. The second-order valence-corrected chi connectivity index (χ2v) is 16.5. The zero-order valence-electron chi connectivity index (χ0n) is 28.4. The molecule has 4 heterocycles. The molecule has 0 saturated carbocycles. The Morgan fingerprint density at radius 1 is 1.06 bits per heavy atom. The van der Waals surface area contributed by atoms with Gasteiger partial charge >= 0.3 is 16.9 Å². The van der Waals surface area contributed by atoms with Crippen molar-refractivity contribution >= 4 is 78.2 Å². The summed E-state index contributed by atoms with van der Waals surface area (Å²) < 4.78 is 82.9. The lowest BCUT2D eigenvalue weighted by Gasteiger charge is -2.15. The van der Waals surface area contributed by atoms with Crippen molar-refractivity contribution in [1.29, 1.82) is 0 Å². The van der Waals surface area contributed by atoms with Gasteiger partial charge in [-0.3, -0.25) is 19.6 Å². The molecule has 0 fully saturated rings. The molecule has 0 spiro atoms. The third kappa shape index (κ3) is 10.5. The van der Waals surface area contributed by atoms with Gasteiger partial charge in [0, 0.05) is 24.2 Å². The van der Waals surface area contributed by atoms with Gasteiger partial charge in [0.2, 0.25) is 22.5 Å². The second-order valence-electron chi connectivity index (χ2n) is 10.4. The van der Waals surface area contributed by atoms with Crippen LogP contribution in [0.4, 0.5) is 20.8 Å². The summed E-state index contributed by atoms with van der Waals surface area (Å²) in [5.74, 6) is -1.44. The number of urea groups is 1. The lowest BCUT2D eigenvalue weighted by Crippen LogP contribution is -2.36. The van der Waals surface area contributed by atoms with Crippen LogP contribution in [-0.2, 0) is 42.5 Å². The molecule has 18 nitrogen and oxygen atoms in total. The molecule has 0 atom stereocenters. The third-order valence-electron chi connectivity index (χ3n) is 6.94. The number of ether oxygens (including phenoxy) is 3. The summed E-state index contributed by atoms with van der Waals surface area (Å²) in [4.78, 5) is 51.3. The van der Waals surface area contributed by atoms with Gasteiger partial charge in [-0.25, -0.2) is 37.0 Å². The molecule has 286 valence electrons. The van der Waals surface area contributed by atoms with E-state index in [1.54, 1.807) is 14.1 Å². The minimum Gasteiger partial charge on any atom is -0.481 e. The van der Waals surface area contributed by atoms with E-state index in [0.29, 0.717) is 22.8 Å². The number of methoxy groups -OCH3 is 3. The monoisotopic (exact) mass is 834 g/mol. The highest BCUT2D eigenvalue weighted by molar-refractivity contribution is 8.00. The first-order valence-corrected chi connectivity index (χ1v) is 20.5. The number of fused-ring (bicyclic) bond motifs is 1. The summed E-state index contributed by atoms with van der Waals surface area (Å²) in [5.41, 5.74) is 0.0829. The molecule has 24 heteroatoms. The molecule has 2 N–H and O–H groups in total. The fraction of sp³-hybridized carbons (Fsp3) is 0.345. The zero-order valence-corrected chi connectivity index (χ0v) is 32.4. The van der Waals surface area contributed by atoms with Gasteiger partial charge in [0.15, 0.2) is 14.9 Å². The second kappa shape index (κ2) is 18.0. The van der Waals surface area contributed by atoms with Crippen LogP contribution in [0, 0.1) is 5.82 Å². The van der Waals surface area contributed by atoms with Crippen molar-refractivity contribution in [3.63, 3.8) is 0 Å². The number of aromatic nitrogens is 5. The number of carbonyl (C=O) groups is 2. The number of halogens is 2. The highest BCUT2D eigenvalue weighted by Crippen LogP contribution is 2.33. The molecule has 0 aliphatic carbocycles. The number of pyridine rings is 1. The average Bonchev–Trinajstić information content (AvgIpc) is 3.46. The largest absolute Gasteiger partial charge is 0.481 e. The first kappa shape index (κ1) is 41.2. The van der Waals surface area contributed by atoms with Crippen LogP contribution < -0.4 is 29.2 Å². The number of hydrogen-bond acceptors (Lipinski definition) is 16. The Hall–Kier alpha value is -4.58. The Labute approximate surface area is 315 Å². The third-order valence-corrected chi connectivity index (χ3v) is 12.4.